The molecule has 1 atom stereocenters. The molecule has 132 valence electrons. The molecule has 4 N–H and O–H groups in total. The van der Waals surface area contributed by atoms with Crippen LogP contribution in [-0.4, -0.2) is 43.1 Å². The van der Waals surface area contributed by atoms with E-state index in [1.807, 2.05) is 13.1 Å². The van der Waals surface area contributed by atoms with Crippen molar-refractivity contribution in [1.29, 1.82) is 0 Å². The Labute approximate surface area is 144 Å². The summed E-state index contributed by atoms with van der Waals surface area (Å²) >= 11 is 0. The third-order valence-corrected chi connectivity index (χ3v) is 4.83. The van der Waals surface area contributed by atoms with Gasteiger partial charge in [0.2, 0.25) is 0 Å². The second-order valence-corrected chi connectivity index (χ2v) is 7.35. The maximum absolute atomic E-state index is 9.87. The number of rotatable bonds is 5. The van der Waals surface area contributed by atoms with Crippen LogP contribution in [0.5, 0.6) is 0 Å². The smallest absolute Gasteiger partial charge is 0.0967 e. The Morgan fingerprint density at radius 3 is 2.88 bits per heavy atom. The molecule has 5 nitrogen and oxygen atoms in total. The minimum atomic E-state index is -0.559. The average Bonchev–Trinajstić information content (AvgIpc) is 2.53. The largest absolute Gasteiger partial charge is 0.397 e. The summed E-state index contributed by atoms with van der Waals surface area (Å²) in [6.07, 6.45) is 5.72. The van der Waals surface area contributed by atoms with Crippen LogP contribution in [-0.2, 0) is 4.74 Å². The van der Waals surface area contributed by atoms with Crippen LogP contribution < -0.4 is 16.0 Å². The number of β-amino-alcohol motifs (C(OH)–C–C–N with tert-alkyl or cyclic N) is 1. The maximum atomic E-state index is 9.87. The van der Waals surface area contributed by atoms with Gasteiger partial charge >= 0.3 is 0 Å². The monoisotopic (exact) mass is 331 g/mol. The van der Waals surface area contributed by atoms with E-state index < -0.39 is 5.60 Å². The molecule has 24 heavy (non-hydrogen) atoms. The standard InChI is InChI=1S/C19H29N3O2/c1-14-9-15(22-12-19(2,23)13-22)6-7-17(14)18(20)11-21-10-16-5-3-4-8-24-16/h6-7,9,11,16,21,23H,3-5,8,10,12-13,20H2,1-2H3/b18-11-. The van der Waals surface area contributed by atoms with Crippen molar-refractivity contribution in [2.24, 2.45) is 5.73 Å². The van der Waals surface area contributed by atoms with Gasteiger partial charge in [-0.1, -0.05) is 6.07 Å². The van der Waals surface area contributed by atoms with Gasteiger partial charge in [-0.05, 0) is 50.8 Å². The van der Waals surface area contributed by atoms with Crippen molar-refractivity contribution >= 4 is 11.4 Å². The summed E-state index contributed by atoms with van der Waals surface area (Å²) in [5.41, 5.74) is 9.74. The molecule has 0 bridgehead atoms. The van der Waals surface area contributed by atoms with E-state index in [1.165, 1.54) is 12.8 Å². The van der Waals surface area contributed by atoms with Crippen LogP contribution in [0, 0.1) is 6.92 Å². The zero-order valence-corrected chi connectivity index (χ0v) is 14.7. The molecule has 0 radical (unpaired) electrons. The Bertz CT molecular complexity index is 599. The van der Waals surface area contributed by atoms with Gasteiger partial charge in [0.15, 0.2) is 0 Å². The Hall–Kier alpha value is -1.72. The molecular weight excluding hydrogens is 302 g/mol. The van der Waals surface area contributed by atoms with Crippen molar-refractivity contribution in [1.82, 2.24) is 5.32 Å². The molecule has 1 unspecified atom stereocenters. The third kappa shape index (κ3) is 4.02. The van der Waals surface area contributed by atoms with E-state index in [-0.39, 0.29) is 0 Å². The normalized spacial score (nSPS) is 23.7. The quantitative estimate of drug-likeness (QED) is 0.770. The number of aliphatic hydroxyl groups is 1. The van der Waals surface area contributed by atoms with Crippen molar-refractivity contribution in [3.63, 3.8) is 0 Å². The SMILES string of the molecule is Cc1cc(N2CC(C)(O)C2)ccc1/C(N)=C/NCC1CCCCO1. The van der Waals surface area contributed by atoms with Gasteiger partial charge in [-0.3, -0.25) is 0 Å². The minimum absolute atomic E-state index is 0.297. The molecule has 0 spiro atoms. The van der Waals surface area contributed by atoms with Crippen LogP contribution in [0.3, 0.4) is 0 Å². The van der Waals surface area contributed by atoms with Gasteiger partial charge in [0, 0.05) is 43.7 Å². The molecule has 0 aromatic heterocycles. The van der Waals surface area contributed by atoms with Crippen LogP contribution in [0.15, 0.2) is 24.4 Å². The second kappa shape index (κ2) is 7.03. The molecule has 2 heterocycles. The van der Waals surface area contributed by atoms with Crippen molar-refractivity contribution < 1.29 is 9.84 Å². The molecule has 2 aliphatic rings. The van der Waals surface area contributed by atoms with Crippen molar-refractivity contribution in [2.45, 2.75) is 44.8 Å². The summed E-state index contributed by atoms with van der Waals surface area (Å²) in [6.45, 7) is 6.98. The third-order valence-electron chi connectivity index (χ3n) is 4.83. The lowest BCUT2D eigenvalue weighted by Gasteiger charge is -2.46. The van der Waals surface area contributed by atoms with Gasteiger partial charge in [-0.25, -0.2) is 0 Å². The van der Waals surface area contributed by atoms with E-state index >= 15 is 0 Å². The Morgan fingerprint density at radius 2 is 2.25 bits per heavy atom. The molecule has 5 heteroatoms. The predicted octanol–water partition coefficient (Wildman–Crippen LogP) is 1.98. The fourth-order valence-corrected chi connectivity index (χ4v) is 3.47. The van der Waals surface area contributed by atoms with E-state index in [0.717, 1.165) is 42.1 Å². The minimum Gasteiger partial charge on any atom is -0.397 e. The molecule has 2 fully saturated rings. The van der Waals surface area contributed by atoms with Gasteiger partial charge in [-0.15, -0.1) is 0 Å². The van der Waals surface area contributed by atoms with Crippen LogP contribution in [0.4, 0.5) is 5.69 Å². The number of hydrogen-bond donors (Lipinski definition) is 3. The summed E-state index contributed by atoms with van der Waals surface area (Å²) in [4.78, 5) is 2.18. The van der Waals surface area contributed by atoms with Gasteiger partial charge < -0.3 is 25.8 Å². The van der Waals surface area contributed by atoms with Crippen molar-refractivity contribution in [3.05, 3.63) is 35.5 Å². The lowest BCUT2D eigenvalue weighted by molar-refractivity contribution is 0.0188. The molecule has 0 aliphatic carbocycles. The first-order valence-electron chi connectivity index (χ1n) is 8.84. The van der Waals surface area contributed by atoms with E-state index in [4.69, 9.17) is 10.5 Å². The lowest BCUT2D eigenvalue weighted by Crippen LogP contribution is -2.60. The second-order valence-electron chi connectivity index (χ2n) is 7.35. The van der Waals surface area contributed by atoms with E-state index in [2.05, 4.69) is 35.3 Å². The Kier molecular flexibility index (Phi) is 5.01. The summed E-state index contributed by atoms with van der Waals surface area (Å²) in [6, 6.07) is 6.26. The number of ether oxygens (including phenoxy) is 1. The summed E-state index contributed by atoms with van der Waals surface area (Å²) in [7, 11) is 0. The highest BCUT2D eigenvalue weighted by Gasteiger charge is 2.36. The molecule has 2 aliphatic heterocycles. The molecule has 0 saturated carbocycles. The fraction of sp³-hybridized carbons (Fsp3) is 0.579. The van der Waals surface area contributed by atoms with E-state index in [9.17, 15) is 5.11 Å². The highest BCUT2D eigenvalue weighted by atomic mass is 16.5. The number of anilines is 1. The highest BCUT2D eigenvalue weighted by Crippen LogP contribution is 2.29. The summed E-state index contributed by atoms with van der Waals surface area (Å²) in [5.74, 6) is 0. The highest BCUT2D eigenvalue weighted by molar-refractivity contribution is 5.68. The Balaban J connectivity index is 1.58. The van der Waals surface area contributed by atoms with Crippen LogP contribution in [0.1, 0.15) is 37.3 Å². The van der Waals surface area contributed by atoms with Gasteiger partial charge in [0.05, 0.1) is 17.4 Å². The van der Waals surface area contributed by atoms with E-state index in [1.54, 1.807) is 0 Å². The van der Waals surface area contributed by atoms with Gasteiger partial charge in [0.25, 0.3) is 0 Å². The zero-order chi connectivity index (χ0) is 17.2. The maximum Gasteiger partial charge on any atom is 0.0967 e. The van der Waals surface area contributed by atoms with Crippen molar-refractivity contribution in [3.8, 4) is 0 Å². The number of nitrogens with one attached hydrogen (secondary N) is 1. The fourth-order valence-electron chi connectivity index (χ4n) is 3.47. The van der Waals surface area contributed by atoms with Crippen molar-refractivity contribution in [2.75, 3.05) is 31.1 Å². The lowest BCUT2D eigenvalue weighted by atomic mass is 9.95. The van der Waals surface area contributed by atoms with Crippen LogP contribution in [0.25, 0.3) is 5.70 Å². The number of nitrogens with zero attached hydrogens (tertiary/aromatic N) is 1. The predicted molar refractivity (Wildman–Crippen MR) is 97.8 cm³/mol. The first kappa shape index (κ1) is 17.1. The molecule has 2 saturated heterocycles. The number of nitrogens with two attached hydrogens (primary N) is 1. The molecule has 1 aromatic rings. The summed E-state index contributed by atoms with van der Waals surface area (Å²) < 4.78 is 5.71. The Morgan fingerprint density at radius 1 is 1.46 bits per heavy atom. The number of benzene rings is 1. The molecule has 3 rings (SSSR count). The van der Waals surface area contributed by atoms with Gasteiger partial charge in [-0.2, -0.15) is 0 Å². The first-order valence-corrected chi connectivity index (χ1v) is 8.84. The van der Waals surface area contributed by atoms with E-state index in [0.29, 0.717) is 19.2 Å². The zero-order valence-electron chi connectivity index (χ0n) is 14.7. The average molecular weight is 331 g/mol. The first-order chi connectivity index (χ1) is 11.4. The topological polar surface area (TPSA) is 70.8 Å². The van der Waals surface area contributed by atoms with Crippen LogP contribution >= 0.6 is 0 Å². The molecule has 1 aromatic carbocycles. The van der Waals surface area contributed by atoms with Gasteiger partial charge in [0.1, 0.15) is 0 Å². The molecule has 0 amide bonds. The number of hydrogen-bond acceptors (Lipinski definition) is 5. The molecular formula is C19H29N3O2. The number of aryl methyl sites for hydroxylation is 1. The van der Waals surface area contributed by atoms with Crippen LogP contribution in [0.2, 0.25) is 0 Å². The summed E-state index contributed by atoms with van der Waals surface area (Å²) in [5, 5.41) is 13.2.